The summed E-state index contributed by atoms with van der Waals surface area (Å²) in [5.74, 6) is 0.675. The Bertz CT molecular complexity index is 729. The minimum absolute atomic E-state index is 0.0757. The van der Waals surface area contributed by atoms with Gasteiger partial charge in [0.2, 0.25) is 0 Å². The van der Waals surface area contributed by atoms with Crippen LogP contribution in [0.15, 0.2) is 12.1 Å². The molecule has 9 heteroatoms. The quantitative estimate of drug-likeness (QED) is 0.798. The summed E-state index contributed by atoms with van der Waals surface area (Å²) in [5.41, 5.74) is 0.347. The number of halogens is 1. The molecule has 1 aromatic carbocycles. The molecule has 1 saturated heterocycles. The van der Waals surface area contributed by atoms with Gasteiger partial charge in [0.1, 0.15) is 13.2 Å². The summed E-state index contributed by atoms with van der Waals surface area (Å²) in [5, 5.41) is 3.34. The number of methoxy groups -OCH3 is 1. The summed E-state index contributed by atoms with van der Waals surface area (Å²) in [6.45, 7) is 4.31. The van der Waals surface area contributed by atoms with Crippen LogP contribution in [0.3, 0.4) is 0 Å². The number of carbonyl (C=O) groups excluding carboxylic acids is 2. The fourth-order valence-electron chi connectivity index (χ4n) is 3.45. The molecule has 2 heterocycles. The molecule has 8 nitrogen and oxygen atoms in total. The van der Waals surface area contributed by atoms with Crippen molar-refractivity contribution in [3.05, 3.63) is 22.7 Å². The molecule has 2 atom stereocenters. The number of nitrogens with zero attached hydrogens (tertiary/aromatic N) is 1. The lowest BCUT2D eigenvalue weighted by atomic mass is 9.93. The standard InChI is InChI=1S/C19H25ClN2O6/c1-3-26-19(24)22-5-4-12(16(11-22)25-2)10-21-18(23)14-8-13(20)9-15-17(14)28-7-6-27-15/h8-9,12,16H,3-7,10-11H2,1-2H3,(H,21,23). The second kappa shape index (κ2) is 9.34. The molecule has 1 N–H and O–H groups in total. The zero-order chi connectivity index (χ0) is 20.1. The zero-order valence-electron chi connectivity index (χ0n) is 16.0. The molecule has 28 heavy (non-hydrogen) atoms. The number of amides is 2. The number of hydrogen-bond acceptors (Lipinski definition) is 6. The molecule has 3 rings (SSSR count). The third-order valence-corrected chi connectivity index (χ3v) is 5.12. The van der Waals surface area contributed by atoms with Gasteiger partial charge in [0.05, 0.1) is 24.8 Å². The third-order valence-electron chi connectivity index (χ3n) is 4.90. The average molecular weight is 413 g/mol. The molecule has 1 aromatic rings. The molecule has 2 aliphatic rings. The van der Waals surface area contributed by atoms with Gasteiger partial charge < -0.3 is 29.2 Å². The van der Waals surface area contributed by atoms with Crippen molar-refractivity contribution in [1.82, 2.24) is 10.2 Å². The van der Waals surface area contributed by atoms with Crippen LogP contribution in [-0.2, 0) is 9.47 Å². The largest absolute Gasteiger partial charge is 0.486 e. The first-order chi connectivity index (χ1) is 13.5. The molecule has 0 aromatic heterocycles. The first-order valence-electron chi connectivity index (χ1n) is 9.35. The summed E-state index contributed by atoms with van der Waals surface area (Å²) in [4.78, 5) is 26.3. The summed E-state index contributed by atoms with van der Waals surface area (Å²) in [6.07, 6.45) is 0.172. The van der Waals surface area contributed by atoms with Gasteiger partial charge in [-0.25, -0.2) is 4.79 Å². The minimum atomic E-state index is -0.338. The fraction of sp³-hybridized carbons (Fsp3) is 0.579. The number of rotatable bonds is 5. The van der Waals surface area contributed by atoms with Crippen LogP contribution in [-0.4, -0.2) is 69.6 Å². The second-order valence-electron chi connectivity index (χ2n) is 6.66. The minimum Gasteiger partial charge on any atom is -0.486 e. The highest BCUT2D eigenvalue weighted by Crippen LogP contribution is 2.36. The van der Waals surface area contributed by atoms with Crippen molar-refractivity contribution in [3.63, 3.8) is 0 Å². The topological polar surface area (TPSA) is 86.3 Å². The molecule has 0 bridgehead atoms. The number of fused-ring (bicyclic) bond motifs is 1. The Kier molecular flexibility index (Phi) is 6.85. The lowest BCUT2D eigenvalue weighted by molar-refractivity contribution is -0.0105. The molecule has 2 unspecified atom stereocenters. The van der Waals surface area contributed by atoms with Gasteiger partial charge in [-0.15, -0.1) is 0 Å². The summed E-state index contributed by atoms with van der Waals surface area (Å²) < 4.78 is 21.7. The highest BCUT2D eigenvalue weighted by molar-refractivity contribution is 6.31. The lowest BCUT2D eigenvalue weighted by Crippen LogP contribution is -2.50. The monoisotopic (exact) mass is 412 g/mol. The fourth-order valence-corrected chi connectivity index (χ4v) is 3.66. The van der Waals surface area contributed by atoms with Crippen molar-refractivity contribution in [2.24, 2.45) is 5.92 Å². The van der Waals surface area contributed by atoms with Crippen molar-refractivity contribution in [2.75, 3.05) is 46.6 Å². The van der Waals surface area contributed by atoms with E-state index in [0.29, 0.717) is 68.0 Å². The highest BCUT2D eigenvalue weighted by atomic mass is 35.5. The molecule has 0 saturated carbocycles. The van der Waals surface area contributed by atoms with Crippen LogP contribution in [0.25, 0.3) is 0 Å². The maximum absolute atomic E-state index is 12.7. The van der Waals surface area contributed by atoms with Crippen LogP contribution in [0, 0.1) is 5.92 Å². The molecule has 2 aliphatic heterocycles. The zero-order valence-corrected chi connectivity index (χ0v) is 16.8. The van der Waals surface area contributed by atoms with Crippen LogP contribution in [0.5, 0.6) is 11.5 Å². The number of ether oxygens (including phenoxy) is 4. The van der Waals surface area contributed by atoms with E-state index >= 15 is 0 Å². The maximum atomic E-state index is 12.7. The first kappa shape index (κ1) is 20.5. The van der Waals surface area contributed by atoms with Gasteiger partial charge in [-0.3, -0.25) is 4.79 Å². The van der Waals surface area contributed by atoms with Gasteiger partial charge in [-0.05, 0) is 19.4 Å². The Labute approximate surface area is 169 Å². The van der Waals surface area contributed by atoms with E-state index < -0.39 is 0 Å². The predicted molar refractivity (Wildman–Crippen MR) is 102 cm³/mol. The first-order valence-corrected chi connectivity index (χ1v) is 9.73. The van der Waals surface area contributed by atoms with E-state index in [2.05, 4.69) is 5.32 Å². The number of benzene rings is 1. The SMILES string of the molecule is CCOC(=O)N1CCC(CNC(=O)c2cc(Cl)cc3c2OCCO3)C(OC)C1. The van der Waals surface area contributed by atoms with Crippen molar-refractivity contribution < 1.29 is 28.5 Å². The molecule has 0 spiro atoms. The Balaban J connectivity index is 1.62. The molecule has 154 valence electrons. The summed E-state index contributed by atoms with van der Waals surface area (Å²) >= 11 is 6.11. The Hall–Kier alpha value is -2.19. The highest BCUT2D eigenvalue weighted by Gasteiger charge is 2.33. The average Bonchev–Trinajstić information content (AvgIpc) is 2.71. The Morgan fingerprint density at radius 2 is 2.11 bits per heavy atom. The number of nitrogens with one attached hydrogen (secondary N) is 1. The van der Waals surface area contributed by atoms with Crippen molar-refractivity contribution in [3.8, 4) is 11.5 Å². The number of hydrogen-bond donors (Lipinski definition) is 1. The van der Waals surface area contributed by atoms with E-state index in [9.17, 15) is 9.59 Å². The molecule has 1 fully saturated rings. The van der Waals surface area contributed by atoms with Crippen LogP contribution >= 0.6 is 11.6 Å². The van der Waals surface area contributed by atoms with E-state index in [4.69, 9.17) is 30.5 Å². The van der Waals surface area contributed by atoms with Gasteiger partial charge >= 0.3 is 6.09 Å². The number of carbonyl (C=O) groups is 2. The number of likely N-dealkylation sites (tertiary alicyclic amines) is 1. The van der Waals surface area contributed by atoms with Crippen LogP contribution in [0.4, 0.5) is 4.79 Å². The third kappa shape index (κ3) is 4.62. The summed E-state index contributed by atoms with van der Waals surface area (Å²) in [6, 6.07) is 3.21. The Morgan fingerprint density at radius 3 is 2.86 bits per heavy atom. The van der Waals surface area contributed by atoms with E-state index in [1.807, 2.05) is 0 Å². The van der Waals surface area contributed by atoms with Crippen LogP contribution in [0.1, 0.15) is 23.7 Å². The molecule has 0 aliphatic carbocycles. The van der Waals surface area contributed by atoms with Gasteiger partial charge in [0.25, 0.3) is 5.91 Å². The summed E-state index contributed by atoms with van der Waals surface area (Å²) in [7, 11) is 1.60. The Morgan fingerprint density at radius 1 is 1.32 bits per heavy atom. The van der Waals surface area contributed by atoms with E-state index in [1.54, 1.807) is 31.1 Å². The van der Waals surface area contributed by atoms with Gasteiger partial charge in [-0.2, -0.15) is 0 Å². The van der Waals surface area contributed by atoms with Gasteiger partial charge in [0.15, 0.2) is 11.5 Å². The molecule has 2 amide bonds. The molecular weight excluding hydrogens is 388 g/mol. The van der Waals surface area contributed by atoms with E-state index in [1.165, 1.54) is 0 Å². The van der Waals surface area contributed by atoms with Crippen LogP contribution < -0.4 is 14.8 Å². The van der Waals surface area contributed by atoms with E-state index in [0.717, 1.165) is 0 Å². The normalized spacial score (nSPS) is 21.2. The number of piperidine rings is 1. The lowest BCUT2D eigenvalue weighted by Gasteiger charge is -2.37. The van der Waals surface area contributed by atoms with Gasteiger partial charge in [-0.1, -0.05) is 11.6 Å². The van der Waals surface area contributed by atoms with Crippen molar-refractivity contribution in [2.45, 2.75) is 19.4 Å². The maximum Gasteiger partial charge on any atom is 0.409 e. The van der Waals surface area contributed by atoms with Gasteiger partial charge in [0, 0.05) is 37.2 Å². The second-order valence-corrected chi connectivity index (χ2v) is 7.09. The van der Waals surface area contributed by atoms with Crippen molar-refractivity contribution in [1.29, 1.82) is 0 Å². The molecular formula is C19H25ClN2O6. The van der Waals surface area contributed by atoms with Crippen LogP contribution in [0.2, 0.25) is 5.02 Å². The van der Waals surface area contributed by atoms with E-state index in [-0.39, 0.29) is 24.0 Å². The smallest absolute Gasteiger partial charge is 0.409 e. The molecule has 0 radical (unpaired) electrons. The predicted octanol–water partition coefficient (Wildman–Crippen LogP) is 2.33. The van der Waals surface area contributed by atoms with Crippen molar-refractivity contribution >= 4 is 23.6 Å².